The summed E-state index contributed by atoms with van der Waals surface area (Å²) in [4.78, 5) is 0. The van der Waals surface area contributed by atoms with Gasteiger partial charge in [-0.2, -0.15) is 0 Å². The van der Waals surface area contributed by atoms with Gasteiger partial charge in [-0.15, -0.1) is 5.10 Å². The number of rotatable bonds is 9. The molecule has 2 aromatic rings. The van der Waals surface area contributed by atoms with Gasteiger partial charge in [0.25, 0.3) is 0 Å². The smallest absolute Gasteiger partial charge is 0.335 e. The fourth-order valence-electron chi connectivity index (χ4n) is 1.88. The number of sulfonamides is 1. The van der Waals surface area contributed by atoms with Crippen LogP contribution in [0.1, 0.15) is 31.2 Å². The van der Waals surface area contributed by atoms with Crippen LogP contribution in [0.3, 0.4) is 0 Å². The first-order chi connectivity index (χ1) is 11.7. The minimum atomic E-state index is -3.83. The summed E-state index contributed by atoms with van der Waals surface area (Å²) in [6, 6.07) is 6.32. The second-order valence-corrected chi connectivity index (χ2v) is 9.57. The molecular weight excluding hydrogens is 390 g/mol. The lowest BCUT2D eigenvalue weighted by Crippen LogP contribution is -2.26. The van der Waals surface area contributed by atoms with Gasteiger partial charge in [0, 0.05) is 5.02 Å². The van der Waals surface area contributed by atoms with E-state index in [2.05, 4.69) is 14.9 Å². The molecule has 0 amide bonds. The molecule has 0 fully saturated rings. The zero-order valence-electron chi connectivity index (χ0n) is 13.5. The Hall–Kier alpha value is -1.49. The van der Waals surface area contributed by atoms with Crippen LogP contribution in [0.15, 0.2) is 33.9 Å². The first-order valence-corrected chi connectivity index (χ1v) is 11.2. The van der Waals surface area contributed by atoms with Crippen molar-refractivity contribution in [2.45, 2.75) is 37.3 Å². The highest BCUT2D eigenvalue weighted by Crippen LogP contribution is 2.17. The van der Waals surface area contributed by atoms with Crippen LogP contribution in [0.25, 0.3) is 0 Å². The van der Waals surface area contributed by atoms with Crippen LogP contribution in [-0.2, 0) is 32.2 Å². The summed E-state index contributed by atoms with van der Waals surface area (Å²) in [5, 5.41) is 7.02. The maximum absolute atomic E-state index is 12.3. The third kappa shape index (κ3) is 6.07. The third-order valence-electron chi connectivity index (χ3n) is 3.19. The molecule has 0 unspecified atom stereocenters. The van der Waals surface area contributed by atoms with Gasteiger partial charge in [0.15, 0.2) is 0 Å². The molecular formula is C14H18ClN3O5S2. The molecule has 8 nitrogen and oxygen atoms in total. The first kappa shape index (κ1) is 19.8. The van der Waals surface area contributed by atoms with E-state index in [0.29, 0.717) is 17.0 Å². The van der Waals surface area contributed by atoms with Crippen molar-refractivity contribution in [3.8, 4) is 0 Å². The Morgan fingerprint density at radius 3 is 2.44 bits per heavy atom. The molecule has 1 N–H and O–H groups in total. The Labute approximate surface area is 151 Å². The molecule has 1 heterocycles. The van der Waals surface area contributed by atoms with Gasteiger partial charge in [-0.05, 0) is 24.1 Å². The van der Waals surface area contributed by atoms with Crippen molar-refractivity contribution in [2.24, 2.45) is 0 Å². The number of nitrogens with one attached hydrogen (secondary N) is 1. The van der Waals surface area contributed by atoms with E-state index >= 15 is 0 Å². The minimum Gasteiger partial charge on any atom is -0.411 e. The largest absolute Gasteiger partial charge is 0.411 e. The standard InChI is InChI=1S/C14H18ClN3O5S2/c1-2-3-8-25(21,22)16-9-13-17-18-14(23-13)24(19,20)10-11-4-6-12(15)7-5-11/h4-7,16H,2-3,8-10H2,1H3. The van der Waals surface area contributed by atoms with Crippen LogP contribution in [0.2, 0.25) is 5.02 Å². The maximum atomic E-state index is 12.3. The van der Waals surface area contributed by atoms with Gasteiger partial charge < -0.3 is 4.42 Å². The van der Waals surface area contributed by atoms with Gasteiger partial charge >= 0.3 is 5.22 Å². The van der Waals surface area contributed by atoms with Crippen molar-refractivity contribution >= 4 is 31.5 Å². The third-order valence-corrected chi connectivity index (χ3v) is 6.27. The fourth-order valence-corrected chi connectivity index (χ4v) is 4.30. The van der Waals surface area contributed by atoms with Crippen LogP contribution in [0.4, 0.5) is 0 Å². The topological polar surface area (TPSA) is 119 Å². The molecule has 0 aliphatic carbocycles. The Kier molecular flexibility index (Phi) is 6.55. The van der Waals surface area contributed by atoms with E-state index in [4.69, 9.17) is 16.0 Å². The van der Waals surface area contributed by atoms with E-state index in [0.717, 1.165) is 6.42 Å². The molecule has 1 aromatic heterocycles. The molecule has 25 heavy (non-hydrogen) atoms. The summed E-state index contributed by atoms with van der Waals surface area (Å²) in [5.74, 6) is -0.456. The molecule has 2 rings (SSSR count). The Morgan fingerprint density at radius 2 is 1.80 bits per heavy atom. The number of hydrogen-bond donors (Lipinski definition) is 1. The average molecular weight is 408 g/mol. The number of halogens is 1. The summed E-state index contributed by atoms with van der Waals surface area (Å²) >= 11 is 5.76. The van der Waals surface area contributed by atoms with Crippen LogP contribution in [-0.4, -0.2) is 32.8 Å². The zero-order chi connectivity index (χ0) is 18.5. The van der Waals surface area contributed by atoms with Gasteiger partial charge in [-0.3, -0.25) is 0 Å². The van der Waals surface area contributed by atoms with E-state index < -0.39 is 25.1 Å². The lowest BCUT2D eigenvalue weighted by molar-refractivity contribution is 0.393. The second kappa shape index (κ2) is 8.26. The molecule has 0 spiro atoms. The van der Waals surface area contributed by atoms with E-state index in [-0.39, 0.29) is 23.9 Å². The van der Waals surface area contributed by atoms with Gasteiger partial charge in [0.1, 0.15) is 0 Å². The van der Waals surface area contributed by atoms with Crippen LogP contribution >= 0.6 is 11.6 Å². The van der Waals surface area contributed by atoms with E-state index in [1.165, 1.54) is 0 Å². The van der Waals surface area contributed by atoms with Gasteiger partial charge in [-0.1, -0.05) is 42.2 Å². The van der Waals surface area contributed by atoms with Gasteiger partial charge in [0.2, 0.25) is 25.8 Å². The Balaban J connectivity index is 2.03. The monoisotopic (exact) mass is 407 g/mol. The molecule has 1 aromatic carbocycles. The molecule has 0 saturated carbocycles. The SMILES string of the molecule is CCCCS(=O)(=O)NCc1nnc(S(=O)(=O)Cc2ccc(Cl)cc2)o1. The highest BCUT2D eigenvalue weighted by molar-refractivity contribution is 7.90. The van der Waals surface area contributed by atoms with Crippen LogP contribution in [0.5, 0.6) is 0 Å². The number of sulfone groups is 1. The van der Waals surface area contributed by atoms with Crippen molar-refractivity contribution in [1.29, 1.82) is 0 Å². The molecule has 0 radical (unpaired) electrons. The molecule has 0 saturated heterocycles. The summed E-state index contributed by atoms with van der Waals surface area (Å²) in [6.45, 7) is 1.63. The lowest BCUT2D eigenvalue weighted by atomic mass is 10.2. The van der Waals surface area contributed by atoms with Crippen molar-refractivity contribution in [1.82, 2.24) is 14.9 Å². The molecule has 0 aliphatic heterocycles. The lowest BCUT2D eigenvalue weighted by Gasteiger charge is -2.03. The van der Waals surface area contributed by atoms with E-state index in [1.807, 2.05) is 6.92 Å². The van der Waals surface area contributed by atoms with Crippen LogP contribution in [0, 0.1) is 0 Å². The predicted molar refractivity (Wildman–Crippen MR) is 92.2 cm³/mol. The number of hydrogen-bond acceptors (Lipinski definition) is 7. The van der Waals surface area contributed by atoms with E-state index in [1.54, 1.807) is 24.3 Å². The maximum Gasteiger partial charge on any atom is 0.335 e. The van der Waals surface area contributed by atoms with E-state index in [9.17, 15) is 16.8 Å². The molecule has 0 atom stereocenters. The number of nitrogens with zero attached hydrogens (tertiary/aromatic N) is 2. The Bertz CT molecular complexity index is 908. The average Bonchev–Trinajstić information content (AvgIpc) is 3.03. The molecule has 0 bridgehead atoms. The van der Waals surface area contributed by atoms with Crippen molar-refractivity contribution in [3.63, 3.8) is 0 Å². The summed E-state index contributed by atoms with van der Waals surface area (Å²) in [5.41, 5.74) is 0.518. The van der Waals surface area contributed by atoms with Gasteiger partial charge in [0.05, 0.1) is 18.1 Å². The second-order valence-electron chi connectivity index (χ2n) is 5.34. The van der Waals surface area contributed by atoms with Crippen molar-refractivity contribution in [2.75, 3.05) is 5.75 Å². The normalized spacial score (nSPS) is 12.4. The van der Waals surface area contributed by atoms with Crippen molar-refractivity contribution in [3.05, 3.63) is 40.7 Å². The molecule has 11 heteroatoms. The Morgan fingerprint density at radius 1 is 1.12 bits per heavy atom. The van der Waals surface area contributed by atoms with Gasteiger partial charge in [-0.25, -0.2) is 21.6 Å². The summed E-state index contributed by atoms with van der Waals surface area (Å²) < 4.78 is 55.3. The summed E-state index contributed by atoms with van der Waals surface area (Å²) in [7, 11) is -7.29. The molecule has 138 valence electrons. The highest BCUT2D eigenvalue weighted by atomic mass is 35.5. The zero-order valence-corrected chi connectivity index (χ0v) is 15.9. The van der Waals surface area contributed by atoms with Crippen LogP contribution < -0.4 is 4.72 Å². The predicted octanol–water partition coefficient (Wildman–Crippen LogP) is 1.92. The fraction of sp³-hybridized carbons (Fsp3) is 0.429. The quantitative estimate of drug-likeness (QED) is 0.674. The minimum absolute atomic E-state index is 0.0145. The molecule has 0 aliphatic rings. The highest BCUT2D eigenvalue weighted by Gasteiger charge is 2.23. The summed E-state index contributed by atoms with van der Waals surface area (Å²) in [6.07, 6.45) is 1.27. The number of benzene rings is 1. The first-order valence-electron chi connectivity index (χ1n) is 7.49. The number of aromatic nitrogens is 2. The number of unbranched alkanes of at least 4 members (excludes halogenated alkanes) is 1. The van der Waals surface area contributed by atoms with Crippen molar-refractivity contribution < 1.29 is 21.3 Å².